The molecular weight excluding hydrogens is 426 g/mol. The highest BCUT2D eigenvalue weighted by Gasteiger charge is 2.43. The maximum absolute atomic E-state index is 13.4. The number of nitrogens with zero attached hydrogens (tertiary/aromatic N) is 2. The molecule has 0 aliphatic carbocycles. The predicted molar refractivity (Wildman–Crippen MR) is 123 cm³/mol. The highest BCUT2D eigenvalue weighted by Crippen LogP contribution is 2.37. The molecule has 32 heavy (non-hydrogen) atoms. The molecule has 8 heteroatoms. The number of carbonyl (C=O) groups is 2. The number of carbonyl (C=O) groups excluding carboxylic acids is 2. The maximum Gasteiger partial charge on any atom is 0.343 e. The second-order valence-corrected chi connectivity index (χ2v) is 9.47. The van der Waals surface area contributed by atoms with Crippen LogP contribution in [0.25, 0.3) is 0 Å². The van der Waals surface area contributed by atoms with E-state index < -0.39 is 22.0 Å². The summed E-state index contributed by atoms with van der Waals surface area (Å²) in [5, 5.41) is 2.79. The van der Waals surface area contributed by atoms with Gasteiger partial charge in [0.15, 0.2) is 0 Å². The molecule has 3 amide bonds. The summed E-state index contributed by atoms with van der Waals surface area (Å²) >= 11 is 0. The zero-order chi connectivity index (χ0) is 22.9. The van der Waals surface area contributed by atoms with Gasteiger partial charge in [-0.05, 0) is 54.8 Å². The third-order valence-electron chi connectivity index (χ3n) is 5.15. The average Bonchev–Trinajstić information content (AvgIpc) is 2.75. The zero-order valence-corrected chi connectivity index (χ0v) is 18.6. The van der Waals surface area contributed by atoms with Gasteiger partial charge in [-0.25, -0.2) is 13.2 Å². The first-order valence-electron chi connectivity index (χ1n) is 10.1. The van der Waals surface area contributed by atoms with E-state index in [0.717, 1.165) is 21.0 Å². The van der Waals surface area contributed by atoms with Crippen LogP contribution in [-0.4, -0.2) is 26.9 Å². The molecule has 164 valence electrons. The quantitative estimate of drug-likeness (QED) is 0.643. The third-order valence-corrected chi connectivity index (χ3v) is 6.90. The number of nitrogens with one attached hydrogen (secondary N) is 1. The number of amides is 3. The number of urea groups is 1. The van der Waals surface area contributed by atoms with Gasteiger partial charge in [-0.15, -0.1) is 0 Å². The monoisotopic (exact) mass is 449 g/mol. The van der Waals surface area contributed by atoms with Crippen molar-refractivity contribution in [2.24, 2.45) is 0 Å². The Hall–Kier alpha value is -3.65. The molecule has 0 spiro atoms. The van der Waals surface area contributed by atoms with Crippen LogP contribution in [0.1, 0.15) is 16.7 Å². The molecule has 0 atom stereocenters. The SMILES string of the molecule is Cc1cc(C)cc(N2C(=O)N(CC(=O)NCc3ccccc3)c3ccccc3S2(=O)=O)c1. The summed E-state index contributed by atoms with van der Waals surface area (Å²) in [7, 11) is -4.13. The van der Waals surface area contributed by atoms with Crippen LogP contribution >= 0.6 is 0 Å². The van der Waals surface area contributed by atoms with Gasteiger partial charge in [0.05, 0.1) is 11.4 Å². The molecule has 0 aromatic heterocycles. The van der Waals surface area contributed by atoms with Crippen LogP contribution in [0, 0.1) is 13.8 Å². The van der Waals surface area contributed by atoms with Gasteiger partial charge >= 0.3 is 6.03 Å². The number of fused-ring (bicyclic) bond motifs is 1. The largest absolute Gasteiger partial charge is 0.350 e. The Bertz CT molecular complexity index is 1270. The second-order valence-electron chi connectivity index (χ2n) is 7.71. The van der Waals surface area contributed by atoms with Crippen LogP contribution in [-0.2, 0) is 21.4 Å². The Morgan fingerprint density at radius 3 is 2.22 bits per heavy atom. The van der Waals surface area contributed by atoms with Gasteiger partial charge in [-0.3, -0.25) is 9.69 Å². The van der Waals surface area contributed by atoms with E-state index in [0.29, 0.717) is 6.54 Å². The Kier molecular flexibility index (Phi) is 5.71. The lowest BCUT2D eigenvalue weighted by molar-refractivity contribution is -0.119. The Morgan fingerprint density at radius 2 is 1.53 bits per heavy atom. The van der Waals surface area contributed by atoms with Crippen LogP contribution in [0.15, 0.2) is 77.7 Å². The number of aryl methyl sites for hydroxylation is 2. The van der Waals surface area contributed by atoms with Gasteiger partial charge in [0.1, 0.15) is 11.4 Å². The predicted octanol–water partition coefficient (Wildman–Crippen LogP) is 3.76. The highest BCUT2D eigenvalue weighted by atomic mass is 32.2. The lowest BCUT2D eigenvalue weighted by atomic mass is 10.1. The lowest BCUT2D eigenvalue weighted by Crippen LogP contribution is -2.53. The van der Waals surface area contributed by atoms with E-state index >= 15 is 0 Å². The van der Waals surface area contributed by atoms with Gasteiger partial charge < -0.3 is 5.32 Å². The first kappa shape index (κ1) is 21.6. The fourth-order valence-electron chi connectivity index (χ4n) is 3.78. The van der Waals surface area contributed by atoms with E-state index in [1.165, 1.54) is 17.0 Å². The third kappa shape index (κ3) is 4.09. The molecule has 1 heterocycles. The van der Waals surface area contributed by atoms with Crippen molar-refractivity contribution in [3.05, 3.63) is 89.5 Å². The average molecular weight is 450 g/mol. The highest BCUT2D eigenvalue weighted by molar-refractivity contribution is 7.94. The van der Waals surface area contributed by atoms with E-state index in [2.05, 4.69) is 5.32 Å². The molecule has 3 aromatic carbocycles. The van der Waals surface area contributed by atoms with Crippen molar-refractivity contribution in [1.29, 1.82) is 0 Å². The Morgan fingerprint density at radius 1 is 0.906 bits per heavy atom. The van der Waals surface area contributed by atoms with E-state index in [4.69, 9.17) is 0 Å². The number of hydrogen-bond donors (Lipinski definition) is 1. The molecule has 7 nitrogen and oxygen atoms in total. The molecule has 0 unspecified atom stereocenters. The van der Waals surface area contributed by atoms with Crippen molar-refractivity contribution in [2.45, 2.75) is 25.3 Å². The number of para-hydroxylation sites is 1. The number of benzene rings is 3. The van der Waals surface area contributed by atoms with Crippen LogP contribution in [0.3, 0.4) is 0 Å². The normalized spacial score (nSPS) is 14.8. The Balaban J connectivity index is 1.69. The molecule has 4 rings (SSSR count). The molecule has 0 radical (unpaired) electrons. The van der Waals surface area contributed by atoms with Crippen molar-refractivity contribution in [1.82, 2.24) is 5.32 Å². The van der Waals surface area contributed by atoms with Crippen molar-refractivity contribution in [2.75, 3.05) is 15.7 Å². The first-order chi connectivity index (χ1) is 15.3. The minimum Gasteiger partial charge on any atom is -0.350 e. The summed E-state index contributed by atoms with van der Waals surface area (Å²) in [6, 6.07) is 20.0. The molecule has 1 aliphatic heterocycles. The molecule has 0 fully saturated rings. The number of rotatable bonds is 5. The summed E-state index contributed by atoms with van der Waals surface area (Å²) in [5.41, 5.74) is 3.01. The molecule has 1 N–H and O–H groups in total. The molecule has 1 aliphatic rings. The topological polar surface area (TPSA) is 86.8 Å². The second kappa shape index (κ2) is 8.47. The molecular formula is C24H23N3O4S. The van der Waals surface area contributed by atoms with Crippen molar-refractivity contribution in [3.63, 3.8) is 0 Å². The standard InChI is InChI=1S/C24H23N3O4S/c1-17-12-18(2)14-20(13-17)27-24(29)26(21-10-6-7-11-22(21)32(27,30)31)16-23(28)25-15-19-8-4-3-5-9-19/h3-14H,15-16H2,1-2H3,(H,25,28). The van der Waals surface area contributed by atoms with Gasteiger partial charge in [0.2, 0.25) is 5.91 Å². The van der Waals surface area contributed by atoms with E-state index in [9.17, 15) is 18.0 Å². The van der Waals surface area contributed by atoms with Crippen LogP contribution in [0.4, 0.5) is 16.2 Å². The van der Waals surface area contributed by atoms with Gasteiger partial charge in [-0.2, -0.15) is 4.31 Å². The van der Waals surface area contributed by atoms with Gasteiger partial charge in [0.25, 0.3) is 10.0 Å². The molecule has 3 aromatic rings. The molecule has 0 saturated carbocycles. The molecule has 0 saturated heterocycles. The minimum absolute atomic E-state index is 0.0189. The number of anilines is 2. The summed E-state index contributed by atoms with van der Waals surface area (Å²) in [5.74, 6) is -0.392. The number of hydrogen-bond acceptors (Lipinski definition) is 4. The summed E-state index contributed by atoms with van der Waals surface area (Å²) in [6.45, 7) is 3.67. The zero-order valence-electron chi connectivity index (χ0n) is 17.8. The van der Waals surface area contributed by atoms with Gasteiger partial charge in [-0.1, -0.05) is 48.5 Å². The maximum atomic E-state index is 13.4. The lowest BCUT2D eigenvalue weighted by Gasteiger charge is -2.36. The van der Waals surface area contributed by atoms with E-state index in [1.54, 1.807) is 24.3 Å². The number of sulfonamides is 1. The first-order valence-corrected chi connectivity index (χ1v) is 11.6. The van der Waals surface area contributed by atoms with Crippen molar-refractivity contribution >= 4 is 33.3 Å². The Labute approximate surface area is 187 Å². The van der Waals surface area contributed by atoms with E-state index in [-0.39, 0.29) is 22.8 Å². The fraction of sp³-hybridized carbons (Fsp3) is 0.167. The van der Waals surface area contributed by atoms with Crippen LogP contribution < -0.4 is 14.5 Å². The van der Waals surface area contributed by atoms with Crippen molar-refractivity contribution < 1.29 is 18.0 Å². The van der Waals surface area contributed by atoms with Crippen molar-refractivity contribution in [3.8, 4) is 0 Å². The summed E-state index contributed by atoms with van der Waals surface area (Å²) < 4.78 is 27.5. The van der Waals surface area contributed by atoms with Crippen LogP contribution in [0.2, 0.25) is 0 Å². The summed E-state index contributed by atoms with van der Waals surface area (Å²) in [6.07, 6.45) is 0. The minimum atomic E-state index is -4.13. The smallest absolute Gasteiger partial charge is 0.343 e. The van der Waals surface area contributed by atoms with E-state index in [1.807, 2.05) is 50.2 Å². The summed E-state index contributed by atoms with van der Waals surface area (Å²) in [4.78, 5) is 27.3. The molecule has 0 bridgehead atoms. The fourth-order valence-corrected chi connectivity index (χ4v) is 5.35. The van der Waals surface area contributed by atoms with Crippen LogP contribution in [0.5, 0.6) is 0 Å². The van der Waals surface area contributed by atoms with Gasteiger partial charge in [0, 0.05) is 6.54 Å².